The lowest BCUT2D eigenvalue weighted by atomic mass is 10.1. The van der Waals surface area contributed by atoms with Gasteiger partial charge in [-0.3, -0.25) is 4.79 Å². The zero-order valence-corrected chi connectivity index (χ0v) is 11.6. The standard InChI is InChI=1S/C13H14ClF3N2O/c1-19(9-3-4-9)12(20)7-18-11-5-2-8(14)6-10(11)13(15,16)17/h2,5-6,9,18H,3-4,7H2,1H3. The maximum absolute atomic E-state index is 12.9. The monoisotopic (exact) mass is 306 g/mol. The Morgan fingerprint density at radius 2 is 2.10 bits per heavy atom. The van der Waals surface area contributed by atoms with Crippen molar-refractivity contribution in [1.29, 1.82) is 0 Å². The average Bonchev–Trinajstić information content (AvgIpc) is 3.19. The van der Waals surface area contributed by atoms with Crippen LogP contribution >= 0.6 is 11.6 Å². The summed E-state index contributed by atoms with van der Waals surface area (Å²) in [5, 5.41) is 2.54. The minimum atomic E-state index is -4.52. The number of anilines is 1. The maximum Gasteiger partial charge on any atom is 0.418 e. The van der Waals surface area contributed by atoms with Crippen molar-refractivity contribution in [3.8, 4) is 0 Å². The molecule has 0 unspecified atom stereocenters. The lowest BCUT2D eigenvalue weighted by Gasteiger charge is -2.19. The van der Waals surface area contributed by atoms with Crippen molar-refractivity contribution in [2.75, 3.05) is 18.9 Å². The number of likely N-dealkylation sites (N-methyl/N-ethyl adjacent to an activating group) is 1. The Hall–Kier alpha value is -1.43. The molecular weight excluding hydrogens is 293 g/mol. The first kappa shape index (κ1) is 15.0. The molecule has 0 saturated heterocycles. The molecule has 1 N–H and O–H groups in total. The fourth-order valence-corrected chi connectivity index (χ4v) is 2.04. The quantitative estimate of drug-likeness (QED) is 0.925. The van der Waals surface area contributed by atoms with Crippen LogP contribution in [0.25, 0.3) is 0 Å². The van der Waals surface area contributed by atoms with Gasteiger partial charge >= 0.3 is 6.18 Å². The number of hydrogen-bond donors (Lipinski definition) is 1. The van der Waals surface area contributed by atoms with Crippen LogP contribution in [-0.2, 0) is 11.0 Å². The van der Waals surface area contributed by atoms with E-state index in [2.05, 4.69) is 5.32 Å². The van der Waals surface area contributed by atoms with E-state index in [0.717, 1.165) is 18.9 Å². The molecule has 0 heterocycles. The van der Waals surface area contributed by atoms with Gasteiger partial charge in [0, 0.05) is 23.8 Å². The number of nitrogens with zero attached hydrogens (tertiary/aromatic N) is 1. The molecule has 0 spiro atoms. The molecule has 1 aliphatic rings. The predicted octanol–water partition coefficient (Wildman–Crippen LogP) is 3.39. The molecular formula is C13H14ClF3N2O. The number of amides is 1. The van der Waals surface area contributed by atoms with Crippen LogP contribution in [0.4, 0.5) is 18.9 Å². The summed E-state index contributed by atoms with van der Waals surface area (Å²) in [6.45, 7) is -0.169. The SMILES string of the molecule is CN(C(=O)CNc1ccc(Cl)cc1C(F)(F)F)C1CC1. The van der Waals surface area contributed by atoms with E-state index in [0.29, 0.717) is 0 Å². The van der Waals surface area contributed by atoms with Gasteiger partial charge in [-0.25, -0.2) is 0 Å². The number of halogens is 4. The third-order valence-electron chi connectivity index (χ3n) is 3.21. The van der Waals surface area contributed by atoms with Gasteiger partial charge in [-0.1, -0.05) is 11.6 Å². The van der Waals surface area contributed by atoms with Crippen molar-refractivity contribution >= 4 is 23.2 Å². The van der Waals surface area contributed by atoms with E-state index in [-0.39, 0.29) is 29.2 Å². The van der Waals surface area contributed by atoms with E-state index in [4.69, 9.17) is 11.6 Å². The normalized spacial score (nSPS) is 15.1. The fourth-order valence-electron chi connectivity index (χ4n) is 1.87. The molecule has 3 nitrogen and oxygen atoms in total. The molecule has 7 heteroatoms. The summed E-state index contributed by atoms with van der Waals surface area (Å²) in [7, 11) is 1.66. The van der Waals surface area contributed by atoms with Crippen LogP contribution in [0, 0.1) is 0 Å². The summed E-state index contributed by atoms with van der Waals surface area (Å²) in [6.07, 6.45) is -2.60. The number of carbonyl (C=O) groups excluding carboxylic acids is 1. The maximum atomic E-state index is 12.9. The molecule has 1 aromatic carbocycles. The lowest BCUT2D eigenvalue weighted by Crippen LogP contribution is -2.34. The highest BCUT2D eigenvalue weighted by Crippen LogP contribution is 2.36. The highest BCUT2D eigenvalue weighted by atomic mass is 35.5. The molecule has 0 aliphatic heterocycles. The molecule has 20 heavy (non-hydrogen) atoms. The molecule has 0 radical (unpaired) electrons. The van der Waals surface area contributed by atoms with Gasteiger partial charge in [0.05, 0.1) is 12.1 Å². The lowest BCUT2D eigenvalue weighted by molar-refractivity contribution is -0.137. The number of nitrogens with one attached hydrogen (secondary N) is 1. The number of benzene rings is 1. The van der Waals surface area contributed by atoms with Gasteiger partial charge in [0.1, 0.15) is 0 Å². The second kappa shape index (κ2) is 5.52. The first-order valence-electron chi connectivity index (χ1n) is 6.15. The zero-order chi connectivity index (χ0) is 14.9. The van der Waals surface area contributed by atoms with Crippen LogP contribution in [-0.4, -0.2) is 30.4 Å². The van der Waals surface area contributed by atoms with Gasteiger partial charge < -0.3 is 10.2 Å². The van der Waals surface area contributed by atoms with Crippen molar-refractivity contribution < 1.29 is 18.0 Å². The molecule has 1 fully saturated rings. The van der Waals surface area contributed by atoms with Crippen molar-refractivity contribution in [3.63, 3.8) is 0 Å². The van der Waals surface area contributed by atoms with Crippen LogP contribution < -0.4 is 5.32 Å². The zero-order valence-electron chi connectivity index (χ0n) is 10.8. The van der Waals surface area contributed by atoms with Crippen molar-refractivity contribution in [2.24, 2.45) is 0 Å². The van der Waals surface area contributed by atoms with Crippen molar-refractivity contribution in [1.82, 2.24) is 4.90 Å². The Morgan fingerprint density at radius 3 is 2.65 bits per heavy atom. The summed E-state index contributed by atoms with van der Waals surface area (Å²) >= 11 is 5.58. The number of carbonyl (C=O) groups is 1. The molecule has 1 saturated carbocycles. The Labute approximate surface area is 119 Å². The van der Waals surface area contributed by atoms with Gasteiger partial charge in [0.25, 0.3) is 0 Å². The minimum Gasteiger partial charge on any atom is -0.376 e. The number of rotatable bonds is 4. The van der Waals surface area contributed by atoms with E-state index in [9.17, 15) is 18.0 Å². The Kier molecular flexibility index (Phi) is 4.13. The third kappa shape index (κ3) is 3.56. The second-order valence-corrected chi connectivity index (χ2v) is 5.21. The summed E-state index contributed by atoms with van der Waals surface area (Å²) in [6, 6.07) is 3.67. The number of alkyl halides is 3. The molecule has 0 bridgehead atoms. The highest BCUT2D eigenvalue weighted by Gasteiger charge is 2.34. The van der Waals surface area contributed by atoms with Crippen LogP contribution in [0.5, 0.6) is 0 Å². The van der Waals surface area contributed by atoms with Crippen LogP contribution in [0.3, 0.4) is 0 Å². The molecule has 110 valence electrons. The largest absolute Gasteiger partial charge is 0.418 e. The summed E-state index contributed by atoms with van der Waals surface area (Å²) in [5.41, 5.74) is -1.01. The van der Waals surface area contributed by atoms with Gasteiger partial charge in [-0.05, 0) is 31.0 Å². The Bertz CT molecular complexity index is 515. The molecule has 2 rings (SSSR count). The van der Waals surface area contributed by atoms with Gasteiger partial charge in [0.15, 0.2) is 0 Å². The third-order valence-corrected chi connectivity index (χ3v) is 3.44. The van der Waals surface area contributed by atoms with Gasteiger partial charge in [0.2, 0.25) is 5.91 Å². The van der Waals surface area contributed by atoms with E-state index in [1.165, 1.54) is 12.1 Å². The van der Waals surface area contributed by atoms with E-state index in [1.54, 1.807) is 11.9 Å². The molecule has 0 aromatic heterocycles. The van der Waals surface area contributed by atoms with Crippen LogP contribution in [0.15, 0.2) is 18.2 Å². The summed E-state index contributed by atoms with van der Waals surface area (Å²) < 4.78 is 38.6. The Morgan fingerprint density at radius 1 is 1.45 bits per heavy atom. The van der Waals surface area contributed by atoms with Gasteiger partial charge in [-0.2, -0.15) is 13.2 Å². The van der Waals surface area contributed by atoms with Crippen LogP contribution in [0.1, 0.15) is 18.4 Å². The van der Waals surface area contributed by atoms with Gasteiger partial charge in [-0.15, -0.1) is 0 Å². The first-order valence-corrected chi connectivity index (χ1v) is 6.53. The van der Waals surface area contributed by atoms with E-state index >= 15 is 0 Å². The van der Waals surface area contributed by atoms with Crippen molar-refractivity contribution in [3.05, 3.63) is 28.8 Å². The molecule has 1 aliphatic carbocycles. The fraction of sp³-hybridized carbons (Fsp3) is 0.462. The first-order chi connectivity index (χ1) is 9.29. The summed E-state index contributed by atoms with van der Waals surface area (Å²) in [5.74, 6) is -0.226. The molecule has 1 amide bonds. The predicted molar refractivity (Wildman–Crippen MR) is 70.7 cm³/mol. The average molecular weight is 307 g/mol. The highest BCUT2D eigenvalue weighted by molar-refractivity contribution is 6.30. The van der Waals surface area contributed by atoms with E-state index < -0.39 is 11.7 Å². The smallest absolute Gasteiger partial charge is 0.376 e. The van der Waals surface area contributed by atoms with Crippen molar-refractivity contribution in [2.45, 2.75) is 25.1 Å². The van der Waals surface area contributed by atoms with E-state index in [1.807, 2.05) is 0 Å². The summed E-state index contributed by atoms with van der Waals surface area (Å²) in [4.78, 5) is 13.3. The molecule has 0 atom stereocenters. The topological polar surface area (TPSA) is 32.3 Å². The number of hydrogen-bond acceptors (Lipinski definition) is 2. The Balaban J connectivity index is 2.07. The molecule has 1 aromatic rings. The minimum absolute atomic E-state index is 0.00398. The van der Waals surface area contributed by atoms with Crippen LogP contribution in [0.2, 0.25) is 5.02 Å². The second-order valence-electron chi connectivity index (χ2n) is 4.78.